The summed E-state index contributed by atoms with van der Waals surface area (Å²) in [5, 5.41) is 6.29. The number of piperidine rings is 1. The first-order valence-electron chi connectivity index (χ1n) is 12.5. The van der Waals surface area contributed by atoms with Crippen molar-refractivity contribution >= 4 is 46.6 Å². The molecule has 2 saturated heterocycles. The summed E-state index contributed by atoms with van der Waals surface area (Å²) >= 11 is 1.28. The van der Waals surface area contributed by atoms with E-state index in [4.69, 9.17) is 4.74 Å². The van der Waals surface area contributed by atoms with Crippen molar-refractivity contribution in [3.63, 3.8) is 0 Å². The Kier molecular flexibility index (Phi) is 8.72. The number of methoxy groups -OCH3 is 1. The molecule has 1 aromatic carbocycles. The fourth-order valence-corrected chi connectivity index (χ4v) is 5.68. The van der Waals surface area contributed by atoms with Crippen LogP contribution in [0.2, 0.25) is 0 Å². The molecule has 2 fully saturated rings. The zero-order chi connectivity index (χ0) is 27.4. The van der Waals surface area contributed by atoms with E-state index in [2.05, 4.69) is 51.1 Å². The Hall–Kier alpha value is -3.38. The minimum absolute atomic E-state index is 0.00401. The molecule has 0 saturated carbocycles. The molecule has 0 atom stereocenters. The highest BCUT2D eigenvalue weighted by atomic mass is 32.2. The zero-order valence-electron chi connectivity index (χ0n) is 22.2. The van der Waals surface area contributed by atoms with E-state index >= 15 is 0 Å². The number of nitrogens with one attached hydrogen (secondary N) is 2. The van der Waals surface area contributed by atoms with Gasteiger partial charge >= 0.3 is 0 Å². The molecule has 10 nitrogen and oxygen atoms in total. The lowest BCUT2D eigenvalue weighted by Crippen LogP contribution is -2.51. The summed E-state index contributed by atoms with van der Waals surface area (Å²) < 4.78 is 20.1. The van der Waals surface area contributed by atoms with Crippen LogP contribution in [0.4, 0.5) is 27.4 Å². The van der Waals surface area contributed by atoms with Crippen LogP contribution in [0.1, 0.15) is 19.8 Å². The number of benzene rings is 1. The highest BCUT2D eigenvalue weighted by Gasteiger charge is 2.31. The Morgan fingerprint density at radius 1 is 1.24 bits per heavy atom. The van der Waals surface area contributed by atoms with Gasteiger partial charge in [0.05, 0.1) is 30.4 Å². The Bertz CT molecular complexity index is 1200. The number of amides is 2. The molecule has 2 aromatic rings. The summed E-state index contributed by atoms with van der Waals surface area (Å²) in [5.41, 5.74) is 1.96. The van der Waals surface area contributed by atoms with Crippen LogP contribution in [0.5, 0.6) is 5.75 Å². The molecule has 1 aromatic heterocycles. The minimum Gasteiger partial charge on any atom is -0.494 e. The van der Waals surface area contributed by atoms with Gasteiger partial charge in [0.15, 0.2) is 5.82 Å². The SMILES string of the molecule is C=CC(=O)Nc1cc(Nc2ncc(F)c(SC3CN(C(C)=O)C3)n2)c(OC)cc1N1CCC(N(C)C)CC1. The normalized spacial score (nSPS) is 16.3. The average Bonchev–Trinajstić information content (AvgIpc) is 2.87. The van der Waals surface area contributed by atoms with Crippen molar-refractivity contribution < 1.29 is 18.7 Å². The second kappa shape index (κ2) is 12.0. The summed E-state index contributed by atoms with van der Waals surface area (Å²) in [4.78, 5) is 38.4. The van der Waals surface area contributed by atoms with E-state index in [9.17, 15) is 14.0 Å². The van der Waals surface area contributed by atoms with E-state index in [1.54, 1.807) is 18.1 Å². The zero-order valence-corrected chi connectivity index (χ0v) is 23.0. The van der Waals surface area contributed by atoms with Gasteiger partial charge in [-0.15, -0.1) is 0 Å². The first-order chi connectivity index (χ1) is 18.2. The Labute approximate surface area is 226 Å². The fourth-order valence-electron chi connectivity index (χ4n) is 4.55. The molecular weight excluding hydrogens is 509 g/mol. The molecule has 2 amide bonds. The molecule has 0 unspecified atom stereocenters. The maximum Gasteiger partial charge on any atom is 0.247 e. The topological polar surface area (TPSA) is 103 Å². The van der Waals surface area contributed by atoms with Crippen LogP contribution >= 0.6 is 11.8 Å². The molecule has 12 heteroatoms. The summed E-state index contributed by atoms with van der Waals surface area (Å²) in [7, 11) is 5.75. The highest BCUT2D eigenvalue weighted by Crippen LogP contribution is 2.40. The predicted molar refractivity (Wildman–Crippen MR) is 148 cm³/mol. The summed E-state index contributed by atoms with van der Waals surface area (Å²) in [6.45, 7) is 7.86. The fraction of sp³-hybridized carbons (Fsp3) is 0.462. The number of aromatic nitrogens is 2. The quantitative estimate of drug-likeness (QED) is 0.364. The van der Waals surface area contributed by atoms with E-state index in [0.717, 1.165) is 37.8 Å². The van der Waals surface area contributed by atoms with Gasteiger partial charge in [-0.05, 0) is 39.1 Å². The molecule has 4 rings (SSSR count). The molecule has 2 N–H and O–H groups in total. The number of carbonyl (C=O) groups is 2. The van der Waals surface area contributed by atoms with Gasteiger partial charge in [0.25, 0.3) is 0 Å². The molecule has 38 heavy (non-hydrogen) atoms. The molecule has 0 aliphatic carbocycles. The standard InChI is InChI=1S/C26H34FN7O3S/c1-6-24(36)29-20-11-21(23(37-5)12-22(20)33-9-7-17(8-10-33)32(3)4)30-26-28-13-19(27)25(31-26)38-18-14-34(15-18)16(2)35/h6,11-13,17-18H,1,7-10,14-15H2,2-5H3,(H,29,36)(H,28,30,31). The highest BCUT2D eigenvalue weighted by molar-refractivity contribution is 8.00. The van der Waals surface area contributed by atoms with Crippen LogP contribution in [0, 0.1) is 5.82 Å². The summed E-state index contributed by atoms with van der Waals surface area (Å²) in [6, 6.07) is 4.15. The maximum atomic E-state index is 14.5. The van der Waals surface area contributed by atoms with Crippen molar-refractivity contribution in [1.82, 2.24) is 19.8 Å². The number of hydrogen-bond donors (Lipinski definition) is 2. The van der Waals surface area contributed by atoms with Gasteiger partial charge in [0.2, 0.25) is 17.8 Å². The maximum absolute atomic E-state index is 14.5. The van der Waals surface area contributed by atoms with Crippen LogP contribution in [0.25, 0.3) is 0 Å². The van der Waals surface area contributed by atoms with Gasteiger partial charge in [-0.1, -0.05) is 18.3 Å². The van der Waals surface area contributed by atoms with E-state index < -0.39 is 5.82 Å². The number of carbonyl (C=O) groups excluding carboxylic acids is 2. The lowest BCUT2D eigenvalue weighted by Gasteiger charge is -2.37. The molecule has 3 heterocycles. The van der Waals surface area contributed by atoms with E-state index in [-0.39, 0.29) is 28.0 Å². The van der Waals surface area contributed by atoms with E-state index in [1.807, 2.05) is 6.07 Å². The number of anilines is 4. The molecule has 0 radical (unpaired) electrons. The molecule has 2 aliphatic rings. The Balaban J connectivity index is 1.58. The number of ether oxygens (including phenoxy) is 1. The predicted octanol–water partition coefficient (Wildman–Crippen LogP) is 3.35. The largest absolute Gasteiger partial charge is 0.494 e. The molecule has 0 bridgehead atoms. The van der Waals surface area contributed by atoms with Crippen molar-refractivity contribution in [3.05, 3.63) is 36.8 Å². The lowest BCUT2D eigenvalue weighted by molar-refractivity contribution is -0.131. The van der Waals surface area contributed by atoms with Crippen LogP contribution in [0.3, 0.4) is 0 Å². The van der Waals surface area contributed by atoms with Crippen molar-refractivity contribution in [3.8, 4) is 5.75 Å². The number of likely N-dealkylation sites (tertiary alicyclic amines) is 1. The molecule has 2 aliphatic heterocycles. The molecule has 0 spiro atoms. The van der Waals surface area contributed by atoms with Gasteiger partial charge in [-0.2, -0.15) is 0 Å². The second-order valence-corrected chi connectivity index (χ2v) is 10.9. The van der Waals surface area contributed by atoms with Crippen molar-refractivity contribution in [2.45, 2.75) is 36.1 Å². The molecular formula is C26H34FN7O3S. The lowest BCUT2D eigenvalue weighted by atomic mass is 10.0. The van der Waals surface area contributed by atoms with Crippen LogP contribution in [-0.2, 0) is 9.59 Å². The monoisotopic (exact) mass is 543 g/mol. The third-order valence-corrected chi connectivity index (χ3v) is 7.97. The third-order valence-electron chi connectivity index (χ3n) is 6.83. The van der Waals surface area contributed by atoms with E-state index in [1.165, 1.54) is 24.8 Å². The van der Waals surface area contributed by atoms with Crippen LogP contribution in [0.15, 0.2) is 36.0 Å². The Morgan fingerprint density at radius 3 is 2.55 bits per heavy atom. The van der Waals surface area contributed by atoms with Gasteiger partial charge in [0.1, 0.15) is 10.8 Å². The minimum atomic E-state index is -0.524. The van der Waals surface area contributed by atoms with Gasteiger partial charge in [-0.25, -0.2) is 14.4 Å². The van der Waals surface area contributed by atoms with Crippen molar-refractivity contribution in [2.75, 3.05) is 62.9 Å². The van der Waals surface area contributed by atoms with Crippen LogP contribution < -0.4 is 20.3 Å². The van der Waals surface area contributed by atoms with E-state index in [0.29, 0.717) is 36.3 Å². The summed E-state index contributed by atoms with van der Waals surface area (Å²) in [5.74, 6) is -0.129. The number of halogens is 1. The Morgan fingerprint density at radius 2 is 1.95 bits per heavy atom. The van der Waals surface area contributed by atoms with Crippen molar-refractivity contribution in [2.24, 2.45) is 0 Å². The summed E-state index contributed by atoms with van der Waals surface area (Å²) in [6.07, 6.45) is 4.34. The van der Waals surface area contributed by atoms with Gasteiger partial charge in [-0.3, -0.25) is 9.59 Å². The van der Waals surface area contributed by atoms with Gasteiger partial charge in [0, 0.05) is 50.5 Å². The van der Waals surface area contributed by atoms with Crippen molar-refractivity contribution in [1.29, 1.82) is 0 Å². The number of rotatable bonds is 9. The average molecular weight is 544 g/mol. The first-order valence-corrected chi connectivity index (χ1v) is 13.3. The number of thioether (sulfide) groups is 1. The smallest absolute Gasteiger partial charge is 0.247 e. The second-order valence-electron chi connectivity index (χ2n) is 9.58. The first kappa shape index (κ1) is 27.6. The molecule has 204 valence electrons. The van der Waals surface area contributed by atoms with Gasteiger partial charge < -0.3 is 30.1 Å². The van der Waals surface area contributed by atoms with Crippen LogP contribution in [-0.4, -0.2) is 90.3 Å². The number of nitrogens with zero attached hydrogens (tertiary/aromatic N) is 5. The third kappa shape index (κ3) is 6.36. The number of hydrogen-bond acceptors (Lipinski definition) is 9.